The van der Waals surface area contributed by atoms with Crippen LogP contribution in [0.5, 0.6) is 5.06 Å². The van der Waals surface area contributed by atoms with Gasteiger partial charge in [-0.25, -0.2) is 0 Å². The average Bonchev–Trinajstić information content (AvgIpc) is 3.11. The second-order valence-electron chi connectivity index (χ2n) is 7.11. The zero-order chi connectivity index (χ0) is 18.0. The first kappa shape index (κ1) is 22.2. The van der Waals surface area contributed by atoms with Crippen molar-refractivity contribution in [2.75, 3.05) is 0 Å². The molecule has 3 heteroatoms. The van der Waals surface area contributed by atoms with Gasteiger partial charge in [-0.1, -0.05) is 96.8 Å². The molecule has 0 aromatic carbocycles. The zero-order valence-corrected chi connectivity index (χ0v) is 17.1. The topological polar surface area (TPSA) is 26.3 Å². The summed E-state index contributed by atoms with van der Waals surface area (Å²) >= 11 is 1.47. The van der Waals surface area contributed by atoms with E-state index < -0.39 is 0 Å². The maximum absolute atomic E-state index is 11.6. The van der Waals surface area contributed by atoms with Crippen molar-refractivity contribution >= 4 is 17.3 Å². The van der Waals surface area contributed by atoms with Crippen LogP contribution in [0.2, 0.25) is 0 Å². The smallest absolute Gasteiger partial charge is 0.311 e. The van der Waals surface area contributed by atoms with E-state index in [9.17, 15) is 4.79 Å². The Morgan fingerprint density at radius 2 is 1.28 bits per heavy atom. The van der Waals surface area contributed by atoms with Crippen LogP contribution < -0.4 is 4.74 Å². The second-order valence-corrected chi connectivity index (χ2v) is 8.02. The van der Waals surface area contributed by atoms with Gasteiger partial charge in [0.1, 0.15) is 0 Å². The molecule has 0 N–H and O–H groups in total. The van der Waals surface area contributed by atoms with Crippen LogP contribution in [0, 0.1) is 0 Å². The fourth-order valence-corrected chi connectivity index (χ4v) is 3.71. The Morgan fingerprint density at radius 3 is 1.72 bits per heavy atom. The highest BCUT2D eigenvalue weighted by molar-refractivity contribution is 7.11. The predicted molar refractivity (Wildman–Crippen MR) is 110 cm³/mol. The van der Waals surface area contributed by atoms with Crippen molar-refractivity contribution in [2.24, 2.45) is 0 Å². The van der Waals surface area contributed by atoms with Crippen molar-refractivity contribution in [2.45, 2.75) is 110 Å². The quantitative estimate of drug-likeness (QED) is 0.207. The van der Waals surface area contributed by atoms with Gasteiger partial charge in [-0.3, -0.25) is 4.79 Å². The van der Waals surface area contributed by atoms with Gasteiger partial charge in [0, 0.05) is 6.42 Å². The Balaban J connectivity index is 1.74. The Hall–Kier alpha value is -0.830. The number of esters is 1. The van der Waals surface area contributed by atoms with Crippen LogP contribution >= 0.6 is 11.3 Å². The molecule has 0 aliphatic heterocycles. The molecule has 1 heterocycles. The summed E-state index contributed by atoms with van der Waals surface area (Å²) in [4.78, 5) is 11.6. The van der Waals surface area contributed by atoms with Gasteiger partial charge in [-0.05, 0) is 23.9 Å². The maximum atomic E-state index is 11.6. The van der Waals surface area contributed by atoms with Gasteiger partial charge in [0.25, 0.3) is 0 Å². The number of hydrogen-bond acceptors (Lipinski definition) is 3. The van der Waals surface area contributed by atoms with E-state index in [2.05, 4.69) is 6.92 Å². The first-order valence-corrected chi connectivity index (χ1v) is 11.4. The Bertz CT molecular complexity index is 400. The van der Waals surface area contributed by atoms with E-state index in [1.165, 1.54) is 94.8 Å². The fourth-order valence-electron chi connectivity index (χ4n) is 3.13. The highest BCUT2D eigenvalue weighted by atomic mass is 32.1. The van der Waals surface area contributed by atoms with E-state index in [4.69, 9.17) is 4.74 Å². The second kappa shape index (κ2) is 16.6. The molecule has 1 rings (SSSR count). The summed E-state index contributed by atoms with van der Waals surface area (Å²) in [6.07, 6.45) is 20.7. The van der Waals surface area contributed by atoms with E-state index in [0.717, 1.165) is 12.8 Å². The van der Waals surface area contributed by atoms with Gasteiger partial charge in [-0.2, -0.15) is 0 Å². The Kier molecular flexibility index (Phi) is 14.8. The Labute approximate surface area is 159 Å². The minimum atomic E-state index is -0.0860. The van der Waals surface area contributed by atoms with Crippen molar-refractivity contribution in [3.05, 3.63) is 17.5 Å². The van der Waals surface area contributed by atoms with Crippen LogP contribution in [0.4, 0.5) is 0 Å². The summed E-state index contributed by atoms with van der Waals surface area (Å²) in [6.45, 7) is 2.28. The van der Waals surface area contributed by atoms with Crippen LogP contribution in [0.15, 0.2) is 17.5 Å². The summed E-state index contributed by atoms with van der Waals surface area (Å²) in [7, 11) is 0. The highest BCUT2D eigenvalue weighted by Gasteiger charge is 2.04. The standard InChI is InChI=1S/C22H38O2S/c1-2-3-4-5-6-7-8-9-10-11-12-13-14-15-16-18-21(23)24-22-19-17-20-25-22/h17,19-20H,2-16,18H2,1H3. The Morgan fingerprint density at radius 1 is 0.800 bits per heavy atom. The minimum Gasteiger partial charge on any atom is -0.415 e. The summed E-state index contributed by atoms with van der Waals surface area (Å²) in [5.41, 5.74) is 0. The van der Waals surface area contributed by atoms with Crippen LogP contribution in [0.25, 0.3) is 0 Å². The lowest BCUT2D eigenvalue weighted by molar-refractivity contribution is -0.134. The molecule has 25 heavy (non-hydrogen) atoms. The van der Waals surface area contributed by atoms with Crippen LogP contribution in [0.3, 0.4) is 0 Å². The summed E-state index contributed by atoms with van der Waals surface area (Å²) < 4.78 is 5.25. The SMILES string of the molecule is CCCCCCCCCCCCCCCCCC(=O)Oc1cccs1. The third-order valence-electron chi connectivity index (χ3n) is 4.69. The number of ether oxygens (including phenoxy) is 1. The van der Waals surface area contributed by atoms with Gasteiger partial charge >= 0.3 is 5.97 Å². The molecule has 0 aliphatic carbocycles. The van der Waals surface area contributed by atoms with Crippen molar-refractivity contribution in [1.82, 2.24) is 0 Å². The molecule has 0 saturated heterocycles. The largest absolute Gasteiger partial charge is 0.415 e. The number of unbranched alkanes of at least 4 members (excludes halogenated alkanes) is 14. The fraction of sp³-hybridized carbons (Fsp3) is 0.773. The third kappa shape index (κ3) is 14.1. The molecule has 0 aliphatic rings. The third-order valence-corrected chi connectivity index (χ3v) is 5.44. The molecule has 144 valence electrons. The number of carbonyl (C=O) groups excluding carboxylic acids is 1. The van der Waals surface area contributed by atoms with Gasteiger partial charge in [0.05, 0.1) is 0 Å². The van der Waals surface area contributed by atoms with E-state index in [-0.39, 0.29) is 5.97 Å². The molecule has 0 unspecified atom stereocenters. The minimum absolute atomic E-state index is 0.0860. The van der Waals surface area contributed by atoms with Crippen LogP contribution in [-0.4, -0.2) is 5.97 Å². The first-order valence-electron chi connectivity index (χ1n) is 10.6. The van der Waals surface area contributed by atoms with E-state index in [0.29, 0.717) is 11.5 Å². The van der Waals surface area contributed by atoms with Crippen LogP contribution in [-0.2, 0) is 4.79 Å². The molecule has 2 nitrogen and oxygen atoms in total. The van der Waals surface area contributed by atoms with Gasteiger partial charge in [-0.15, -0.1) is 11.3 Å². The van der Waals surface area contributed by atoms with Gasteiger partial charge < -0.3 is 4.74 Å². The molecular weight excluding hydrogens is 328 g/mol. The molecule has 0 bridgehead atoms. The average molecular weight is 367 g/mol. The summed E-state index contributed by atoms with van der Waals surface area (Å²) in [6, 6.07) is 3.75. The molecular formula is C22H38O2S. The number of carbonyl (C=O) groups is 1. The van der Waals surface area contributed by atoms with Crippen molar-refractivity contribution in [1.29, 1.82) is 0 Å². The number of hydrogen-bond donors (Lipinski definition) is 0. The van der Waals surface area contributed by atoms with Gasteiger partial charge in [0.2, 0.25) is 0 Å². The normalized spacial score (nSPS) is 10.9. The number of rotatable bonds is 17. The molecule has 0 saturated carbocycles. The van der Waals surface area contributed by atoms with Gasteiger partial charge in [0.15, 0.2) is 5.06 Å². The van der Waals surface area contributed by atoms with Crippen molar-refractivity contribution < 1.29 is 9.53 Å². The first-order chi connectivity index (χ1) is 12.3. The number of thiophene rings is 1. The van der Waals surface area contributed by atoms with Crippen molar-refractivity contribution in [3.63, 3.8) is 0 Å². The van der Waals surface area contributed by atoms with E-state index >= 15 is 0 Å². The lowest BCUT2D eigenvalue weighted by Crippen LogP contribution is -2.06. The molecule has 0 amide bonds. The molecule has 0 atom stereocenters. The van der Waals surface area contributed by atoms with Crippen molar-refractivity contribution in [3.8, 4) is 5.06 Å². The highest BCUT2D eigenvalue weighted by Crippen LogP contribution is 2.19. The molecule has 0 radical (unpaired) electrons. The lowest BCUT2D eigenvalue weighted by atomic mass is 10.0. The maximum Gasteiger partial charge on any atom is 0.311 e. The van der Waals surface area contributed by atoms with E-state index in [1.54, 1.807) is 0 Å². The molecule has 0 fully saturated rings. The van der Waals surface area contributed by atoms with E-state index in [1.807, 2.05) is 17.5 Å². The molecule has 0 spiro atoms. The molecule has 1 aromatic rings. The summed E-state index contributed by atoms with van der Waals surface area (Å²) in [5, 5.41) is 2.64. The lowest BCUT2D eigenvalue weighted by Gasteiger charge is -2.04. The summed E-state index contributed by atoms with van der Waals surface area (Å²) in [5.74, 6) is -0.0860. The van der Waals surface area contributed by atoms with Crippen LogP contribution in [0.1, 0.15) is 110 Å². The predicted octanol–water partition coefficient (Wildman–Crippen LogP) is 7.92. The monoisotopic (exact) mass is 366 g/mol. The molecule has 1 aromatic heterocycles. The zero-order valence-electron chi connectivity index (χ0n) is 16.3.